The molecule has 96 valence electrons. The molecule has 1 amide bonds. The van der Waals surface area contributed by atoms with Gasteiger partial charge in [0, 0.05) is 17.7 Å². The molecular weight excluding hydrogens is 230 g/mol. The molecule has 2 aliphatic rings. The Balaban J connectivity index is 2.12. The Kier molecular flexibility index (Phi) is 2.47. The summed E-state index contributed by atoms with van der Waals surface area (Å²) in [7, 11) is 0. The predicted octanol–water partition coefficient (Wildman–Crippen LogP) is 2.21. The molecule has 2 unspecified atom stereocenters. The van der Waals surface area contributed by atoms with Crippen molar-refractivity contribution in [3.63, 3.8) is 0 Å². The van der Waals surface area contributed by atoms with Gasteiger partial charge >= 0.3 is 0 Å². The van der Waals surface area contributed by atoms with Crippen molar-refractivity contribution in [2.75, 3.05) is 6.54 Å². The number of benzene rings is 1. The molecule has 1 saturated carbocycles. The Bertz CT molecular complexity index is 524. The number of rotatable bonds is 2. The van der Waals surface area contributed by atoms with E-state index in [2.05, 4.69) is 5.32 Å². The highest BCUT2D eigenvalue weighted by Gasteiger charge is 2.42. The molecule has 4 nitrogen and oxygen atoms in total. The third kappa shape index (κ3) is 1.41. The number of nitrogens with one attached hydrogen (secondary N) is 1. The predicted molar refractivity (Wildman–Crippen MR) is 67.1 cm³/mol. The van der Waals surface area contributed by atoms with Crippen molar-refractivity contribution < 1.29 is 15.0 Å². The van der Waals surface area contributed by atoms with E-state index in [4.69, 9.17) is 0 Å². The van der Waals surface area contributed by atoms with Crippen LogP contribution >= 0.6 is 0 Å². The fraction of sp³-hybridized carbons (Fsp3) is 0.500. The molecule has 2 bridgehead atoms. The molecule has 0 saturated heterocycles. The van der Waals surface area contributed by atoms with Gasteiger partial charge in [-0.2, -0.15) is 0 Å². The third-order valence-electron chi connectivity index (χ3n) is 4.19. The largest absolute Gasteiger partial charge is 0.508 e. The van der Waals surface area contributed by atoms with Crippen LogP contribution in [-0.2, 0) is 0 Å². The molecular formula is C14H17NO3. The molecule has 0 heterocycles. The van der Waals surface area contributed by atoms with Crippen molar-refractivity contribution in [1.82, 2.24) is 5.32 Å². The number of aromatic hydroxyl groups is 2. The van der Waals surface area contributed by atoms with Gasteiger partial charge in [0.05, 0.1) is 5.56 Å². The van der Waals surface area contributed by atoms with E-state index < -0.39 is 0 Å². The minimum atomic E-state index is -0.323. The molecule has 3 N–H and O–H groups in total. The number of carbonyl (C=O) groups is 1. The average Bonchev–Trinajstić information content (AvgIpc) is 2.94. The van der Waals surface area contributed by atoms with Crippen molar-refractivity contribution in [2.45, 2.75) is 38.0 Å². The SMILES string of the molecule is CCNC(=O)c1cc(O)c2c(c1O)C1CCC2C1. The molecule has 4 heteroatoms. The molecule has 2 atom stereocenters. The second kappa shape index (κ2) is 3.90. The number of carbonyl (C=O) groups excluding carboxylic acids is 1. The van der Waals surface area contributed by atoms with Crippen LogP contribution in [0.3, 0.4) is 0 Å². The number of amides is 1. The van der Waals surface area contributed by atoms with Crippen molar-refractivity contribution in [3.8, 4) is 11.5 Å². The van der Waals surface area contributed by atoms with E-state index >= 15 is 0 Å². The van der Waals surface area contributed by atoms with Crippen LogP contribution < -0.4 is 5.32 Å². The van der Waals surface area contributed by atoms with Gasteiger partial charge in [-0.1, -0.05) is 0 Å². The zero-order valence-electron chi connectivity index (χ0n) is 10.4. The Morgan fingerprint density at radius 3 is 2.67 bits per heavy atom. The fourth-order valence-corrected chi connectivity index (χ4v) is 3.47. The highest BCUT2D eigenvalue weighted by molar-refractivity contribution is 5.98. The van der Waals surface area contributed by atoms with E-state index in [1.807, 2.05) is 6.92 Å². The molecule has 1 aromatic carbocycles. The first kappa shape index (κ1) is 11.4. The molecule has 2 aliphatic carbocycles. The van der Waals surface area contributed by atoms with Crippen LogP contribution in [0.5, 0.6) is 11.5 Å². The van der Waals surface area contributed by atoms with Crippen molar-refractivity contribution in [1.29, 1.82) is 0 Å². The molecule has 0 aromatic heterocycles. The van der Waals surface area contributed by atoms with E-state index in [1.54, 1.807) is 0 Å². The lowest BCUT2D eigenvalue weighted by molar-refractivity contribution is 0.0952. The molecule has 18 heavy (non-hydrogen) atoms. The Labute approximate surface area is 106 Å². The number of phenols is 2. The lowest BCUT2D eigenvalue weighted by Crippen LogP contribution is -2.23. The van der Waals surface area contributed by atoms with Crippen LogP contribution in [0.1, 0.15) is 59.5 Å². The standard InChI is InChI=1S/C14H17NO3/c1-2-15-14(18)9-6-10(16)11-7-3-4-8(5-7)12(11)13(9)17/h6-8,16-17H,2-5H2,1H3,(H,15,18). The van der Waals surface area contributed by atoms with Crippen molar-refractivity contribution in [3.05, 3.63) is 22.8 Å². The maximum Gasteiger partial charge on any atom is 0.255 e. The van der Waals surface area contributed by atoms with Gasteiger partial charge in [-0.15, -0.1) is 0 Å². The van der Waals surface area contributed by atoms with E-state index in [1.165, 1.54) is 6.07 Å². The molecule has 3 rings (SSSR count). The topological polar surface area (TPSA) is 69.6 Å². The quantitative estimate of drug-likeness (QED) is 0.702. The van der Waals surface area contributed by atoms with Crippen LogP contribution in [0.2, 0.25) is 0 Å². The first-order chi connectivity index (χ1) is 8.63. The number of fused-ring (bicyclic) bond motifs is 5. The van der Waals surface area contributed by atoms with Crippen molar-refractivity contribution >= 4 is 5.91 Å². The van der Waals surface area contributed by atoms with Gasteiger partial charge in [0.15, 0.2) is 0 Å². The lowest BCUT2D eigenvalue weighted by atomic mass is 9.88. The summed E-state index contributed by atoms with van der Waals surface area (Å²) < 4.78 is 0. The summed E-state index contributed by atoms with van der Waals surface area (Å²) in [5, 5.41) is 23.0. The lowest BCUT2D eigenvalue weighted by Gasteiger charge is -2.19. The van der Waals surface area contributed by atoms with Gasteiger partial charge in [0.2, 0.25) is 0 Å². The second-order valence-corrected chi connectivity index (χ2v) is 5.19. The average molecular weight is 247 g/mol. The van der Waals surface area contributed by atoms with Gasteiger partial charge in [0.1, 0.15) is 11.5 Å². The summed E-state index contributed by atoms with van der Waals surface area (Å²) >= 11 is 0. The fourth-order valence-electron chi connectivity index (χ4n) is 3.47. The number of phenolic OH excluding ortho intramolecular Hbond substituents is 2. The summed E-state index contributed by atoms with van der Waals surface area (Å²) in [6.07, 6.45) is 3.12. The number of hydrogen-bond acceptors (Lipinski definition) is 3. The summed E-state index contributed by atoms with van der Waals surface area (Å²) in [5.74, 6) is 0.581. The van der Waals surface area contributed by atoms with Gasteiger partial charge in [0.25, 0.3) is 5.91 Å². The summed E-state index contributed by atoms with van der Waals surface area (Å²) in [5.41, 5.74) is 1.88. The molecule has 0 spiro atoms. The summed E-state index contributed by atoms with van der Waals surface area (Å²) in [4.78, 5) is 11.8. The maximum atomic E-state index is 11.8. The van der Waals surface area contributed by atoms with Crippen LogP contribution in [-0.4, -0.2) is 22.7 Å². The van der Waals surface area contributed by atoms with Crippen LogP contribution in [0.25, 0.3) is 0 Å². The monoisotopic (exact) mass is 247 g/mol. The Morgan fingerprint density at radius 2 is 2.00 bits per heavy atom. The van der Waals surface area contributed by atoms with E-state index in [0.29, 0.717) is 18.4 Å². The third-order valence-corrected chi connectivity index (χ3v) is 4.19. The molecule has 0 aliphatic heterocycles. The van der Waals surface area contributed by atoms with Gasteiger partial charge < -0.3 is 15.5 Å². The van der Waals surface area contributed by atoms with E-state index in [-0.39, 0.29) is 23.0 Å². The van der Waals surface area contributed by atoms with Crippen molar-refractivity contribution in [2.24, 2.45) is 0 Å². The van der Waals surface area contributed by atoms with Gasteiger partial charge in [-0.05, 0) is 44.1 Å². The summed E-state index contributed by atoms with van der Waals surface area (Å²) in [6, 6.07) is 1.40. The maximum absolute atomic E-state index is 11.8. The first-order valence-corrected chi connectivity index (χ1v) is 6.50. The van der Waals surface area contributed by atoms with Crippen LogP contribution in [0.15, 0.2) is 6.07 Å². The second-order valence-electron chi connectivity index (χ2n) is 5.19. The normalized spacial score (nSPS) is 24.1. The zero-order chi connectivity index (χ0) is 12.9. The van der Waals surface area contributed by atoms with Crippen LogP contribution in [0, 0.1) is 0 Å². The Morgan fingerprint density at radius 1 is 1.33 bits per heavy atom. The molecule has 0 radical (unpaired) electrons. The van der Waals surface area contributed by atoms with E-state index in [0.717, 1.165) is 30.4 Å². The minimum absolute atomic E-state index is 0.0703. The molecule has 1 fully saturated rings. The first-order valence-electron chi connectivity index (χ1n) is 6.50. The van der Waals surface area contributed by atoms with Crippen LogP contribution in [0.4, 0.5) is 0 Å². The highest BCUT2D eigenvalue weighted by atomic mass is 16.3. The highest BCUT2D eigenvalue weighted by Crippen LogP contribution is 2.58. The van der Waals surface area contributed by atoms with Gasteiger partial charge in [-0.25, -0.2) is 0 Å². The van der Waals surface area contributed by atoms with E-state index in [9.17, 15) is 15.0 Å². The summed E-state index contributed by atoms with van der Waals surface area (Å²) in [6.45, 7) is 2.33. The molecule has 1 aromatic rings. The zero-order valence-corrected chi connectivity index (χ0v) is 10.4. The van der Waals surface area contributed by atoms with Gasteiger partial charge in [-0.3, -0.25) is 4.79 Å². The smallest absolute Gasteiger partial charge is 0.255 e. The Hall–Kier alpha value is -1.71. The minimum Gasteiger partial charge on any atom is -0.508 e. The number of hydrogen-bond donors (Lipinski definition) is 3.